The quantitative estimate of drug-likeness (QED) is 0.863. The first-order valence-electron chi connectivity index (χ1n) is 6.96. The predicted molar refractivity (Wildman–Crippen MR) is 78.0 cm³/mol. The first-order valence-corrected chi connectivity index (χ1v) is 6.96. The largest absolute Gasteiger partial charge is 0.314 e. The van der Waals surface area contributed by atoms with Crippen molar-refractivity contribution in [1.82, 2.24) is 10.2 Å². The van der Waals surface area contributed by atoms with Crippen LogP contribution in [0.3, 0.4) is 0 Å². The molecule has 1 heterocycles. The lowest BCUT2D eigenvalue weighted by molar-refractivity contribution is 0.0514. The predicted octanol–water partition coefficient (Wildman–Crippen LogP) is 3.05. The van der Waals surface area contributed by atoms with E-state index in [1.54, 1.807) is 0 Å². The minimum absolute atomic E-state index is 0.231. The van der Waals surface area contributed by atoms with Gasteiger partial charge in [0.05, 0.1) is 0 Å². The maximum absolute atomic E-state index is 3.49. The summed E-state index contributed by atoms with van der Waals surface area (Å²) in [7, 11) is 0. The van der Waals surface area contributed by atoms with E-state index >= 15 is 0 Å². The van der Waals surface area contributed by atoms with Gasteiger partial charge in [0, 0.05) is 31.2 Å². The van der Waals surface area contributed by atoms with Crippen molar-refractivity contribution in [3.05, 3.63) is 34.9 Å². The van der Waals surface area contributed by atoms with E-state index < -0.39 is 0 Å². The molecule has 1 aromatic carbocycles. The molecule has 2 nitrogen and oxygen atoms in total. The summed E-state index contributed by atoms with van der Waals surface area (Å²) >= 11 is 0. The van der Waals surface area contributed by atoms with Crippen LogP contribution in [0.1, 0.15) is 43.5 Å². The Kier molecular flexibility index (Phi) is 3.79. The molecule has 0 bridgehead atoms. The first kappa shape index (κ1) is 13.6. The van der Waals surface area contributed by atoms with Crippen LogP contribution in [-0.4, -0.2) is 30.1 Å². The smallest absolute Gasteiger partial charge is 0.0328 e. The van der Waals surface area contributed by atoms with Crippen LogP contribution in [-0.2, 0) is 0 Å². The van der Waals surface area contributed by atoms with E-state index in [1.807, 2.05) is 0 Å². The van der Waals surface area contributed by atoms with Gasteiger partial charge >= 0.3 is 0 Å². The van der Waals surface area contributed by atoms with E-state index in [0.717, 1.165) is 19.6 Å². The van der Waals surface area contributed by atoms with Crippen molar-refractivity contribution in [2.24, 2.45) is 0 Å². The molecule has 1 atom stereocenters. The molecule has 18 heavy (non-hydrogen) atoms. The average molecular weight is 246 g/mol. The van der Waals surface area contributed by atoms with Gasteiger partial charge in [-0.15, -0.1) is 0 Å². The number of hydrogen-bond acceptors (Lipinski definition) is 2. The molecule has 0 saturated carbocycles. The topological polar surface area (TPSA) is 15.3 Å². The lowest BCUT2D eigenvalue weighted by atomic mass is 9.92. The maximum atomic E-state index is 3.49. The number of hydrogen-bond donors (Lipinski definition) is 1. The third-order valence-corrected chi connectivity index (χ3v) is 4.21. The Balaban J connectivity index is 2.27. The Morgan fingerprint density at radius 2 is 2.00 bits per heavy atom. The Labute approximate surface area is 111 Å². The van der Waals surface area contributed by atoms with E-state index in [4.69, 9.17) is 0 Å². The Morgan fingerprint density at radius 3 is 2.61 bits per heavy atom. The van der Waals surface area contributed by atoms with Gasteiger partial charge in [0.15, 0.2) is 0 Å². The van der Waals surface area contributed by atoms with E-state index in [1.165, 1.54) is 16.7 Å². The summed E-state index contributed by atoms with van der Waals surface area (Å²) in [5.41, 5.74) is 4.46. The Bertz CT molecular complexity index is 423. The monoisotopic (exact) mass is 246 g/mol. The van der Waals surface area contributed by atoms with Gasteiger partial charge < -0.3 is 5.32 Å². The Hall–Kier alpha value is -0.860. The molecule has 1 fully saturated rings. The summed E-state index contributed by atoms with van der Waals surface area (Å²) in [4.78, 5) is 2.63. The summed E-state index contributed by atoms with van der Waals surface area (Å²) in [5.74, 6) is 0. The van der Waals surface area contributed by atoms with Gasteiger partial charge in [-0.3, -0.25) is 4.90 Å². The molecular weight excluding hydrogens is 220 g/mol. The molecule has 2 rings (SSSR count). The molecule has 1 N–H and O–H groups in total. The van der Waals surface area contributed by atoms with Crippen LogP contribution in [0.2, 0.25) is 0 Å². The first-order chi connectivity index (χ1) is 8.42. The van der Waals surface area contributed by atoms with Crippen molar-refractivity contribution in [2.45, 2.75) is 46.2 Å². The van der Waals surface area contributed by atoms with Gasteiger partial charge in [-0.05, 0) is 45.7 Å². The van der Waals surface area contributed by atoms with E-state index in [0.29, 0.717) is 6.04 Å². The molecule has 0 radical (unpaired) electrons. The van der Waals surface area contributed by atoms with Gasteiger partial charge in [-0.2, -0.15) is 0 Å². The van der Waals surface area contributed by atoms with Crippen molar-refractivity contribution < 1.29 is 0 Å². The fraction of sp³-hybridized carbons (Fsp3) is 0.625. The molecule has 1 aliphatic rings. The second kappa shape index (κ2) is 5.02. The van der Waals surface area contributed by atoms with Gasteiger partial charge in [-0.25, -0.2) is 0 Å². The molecule has 0 amide bonds. The molecule has 0 spiro atoms. The third-order valence-electron chi connectivity index (χ3n) is 4.21. The van der Waals surface area contributed by atoms with E-state index in [2.05, 4.69) is 63.0 Å². The van der Waals surface area contributed by atoms with Crippen LogP contribution in [0.5, 0.6) is 0 Å². The highest BCUT2D eigenvalue weighted by Gasteiger charge is 2.33. The molecule has 0 aliphatic carbocycles. The van der Waals surface area contributed by atoms with Gasteiger partial charge in [0.1, 0.15) is 0 Å². The zero-order chi connectivity index (χ0) is 13.3. The molecule has 1 aromatic rings. The highest BCUT2D eigenvalue weighted by molar-refractivity contribution is 5.32. The van der Waals surface area contributed by atoms with E-state index in [-0.39, 0.29) is 5.54 Å². The standard InChI is InChI=1S/C16H26N2/c1-12-6-7-15(13(2)10-12)14(3)18-9-8-17-11-16(18,4)5/h6-7,10,14,17H,8-9,11H2,1-5H3. The summed E-state index contributed by atoms with van der Waals surface area (Å²) < 4.78 is 0. The summed E-state index contributed by atoms with van der Waals surface area (Å²) in [5, 5.41) is 3.49. The van der Waals surface area contributed by atoms with Crippen LogP contribution in [0, 0.1) is 13.8 Å². The maximum Gasteiger partial charge on any atom is 0.0328 e. The number of rotatable bonds is 2. The van der Waals surface area contributed by atoms with Crippen molar-refractivity contribution in [2.75, 3.05) is 19.6 Å². The van der Waals surface area contributed by atoms with Crippen LogP contribution in [0.25, 0.3) is 0 Å². The van der Waals surface area contributed by atoms with Crippen molar-refractivity contribution in [3.63, 3.8) is 0 Å². The summed E-state index contributed by atoms with van der Waals surface area (Å²) in [6.45, 7) is 14.7. The van der Waals surface area contributed by atoms with Gasteiger partial charge in [0.25, 0.3) is 0 Å². The summed E-state index contributed by atoms with van der Waals surface area (Å²) in [6.07, 6.45) is 0. The molecule has 1 saturated heterocycles. The Morgan fingerprint density at radius 1 is 1.28 bits per heavy atom. The number of benzene rings is 1. The average Bonchev–Trinajstić information content (AvgIpc) is 2.27. The highest BCUT2D eigenvalue weighted by atomic mass is 15.3. The molecule has 100 valence electrons. The second-order valence-corrected chi connectivity index (χ2v) is 6.22. The van der Waals surface area contributed by atoms with Crippen LogP contribution in [0.4, 0.5) is 0 Å². The van der Waals surface area contributed by atoms with Crippen LogP contribution in [0.15, 0.2) is 18.2 Å². The van der Waals surface area contributed by atoms with Gasteiger partial charge in [-0.1, -0.05) is 23.8 Å². The van der Waals surface area contributed by atoms with Crippen LogP contribution >= 0.6 is 0 Å². The number of nitrogens with zero attached hydrogens (tertiary/aromatic N) is 1. The minimum atomic E-state index is 0.231. The zero-order valence-electron chi connectivity index (χ0n) is 12.4. The molecular formula is C16H26N2. The highest BCUT2D eigenvalue weighted by Crippen LogP contribution is 2.30. The van der Waals surface area contributed by atoms with Crippen LogP contribution < -0.4 is 5.32 Å². The molecule has 1 unspecified atom stereocenters. The lowest BCUT2D eigenvalue weighted by Crippen LogP contribution is -2.58. The zero-order valence-corrected chi connectivity index (χ0v) is 12.4. The normalized spacial score (nSPS) is 21.8. The second-order valence-electron chi connectivity index (χ2n) is 6.22. The van der Waals surface area contributed by atoms with E-state index in [9.17, 15) is 0 Å². The van der Waals surface area contributed by atoms with Gasteiger partial charge in [0.2, 0.25) is 0 Å². The number of piperazine rings is 1. The number of aryl methyl sites for hydroxylation is 2. The van der Waals surface area contributed by atoms with Crippen molar-refractivity contribution in [1.29, 1.82) is 0 Å². The molecule has 1 aliphatic heterocycles. The summed E-state index contributed by atoms with van der Waals surface area (Å²) in [6, 6.07) is 7.31. The SMILES string of the molecule is Cc1ccc(C(C)N2CCNCC2(C)C)c(C)c1. The number of nitrogens with one attached hydrogen (secondary N) is 1. The fourth-order valence-electron chi connectivity index (χ4n) is 3.18. The third kappa shape index (κ3) is 2.60. The van der Waals surface area contributed by atoms with Crippen molar-refractivity contribution in [3.8, 4) is 0 Å². The molecule has 0 aromatic heterocycles. The fourth-order valence-corrected chi connectivity index (χ4v) is 3.18. The molecule has 2 heteroatoms. The van der Waals surface area contributed by atoms with Crippen molar-refractivity contribution >= 4 is 0 Å². The lowest BCUT2D eigenvalue weighted by Gasteiger charge is -2.46. The minimum Gasteiger partial charge on any atom is -0.314 e.